The van der Waals surface area contributed by atoms with Gasteiger partial charge in [-0.2, -0.15) is 0 Å². The van der Waals surface area contributed by atoms with Gasteiger partial charge in [-0.3, -0.25) is 0 Å². The van der Waals surface area contributed by atoms with Crippen LogP contribution in [0.3, 0.4) is 0 Å². The van der Waals surface area contributed by atoms with E-state index in [1.807, 2.05) is 72.8 Å². The van der Waals surface area contributed by atoms with E-state index in [-0.39, 0.29) is 59.2 Å². The molecule has 0 unspecified atom stereocenters. The summed E-state index contributed by atoms with van der Waals surface area (Å²) in [7, 11) is 0. The van der Waals surface area contributed by atoms with Crippen LogP contribution in [0.15, 0.2) is 132 Å². The van der Waals surface area contributed by atoms with Crippen molar-refractivity contribution in [3.8, 4) is 44.8 Å². The number of aromatic nitrogens is 2. The molecule has 59 heavy (non-hydrogen) atoms. The predicted molar refractivity (Wildman–Crippen MR) is 243 cm³/mol. The van der Waals surface area contributed by atoms with Crippen molar-refractivity contribution < 1.29 is 39.6 Å². The molecule has 3 heterocycles. The molecule has 0 atom stereocenters. The standard InChI is InChI=1S/C33H32NO.C22H22N.Ir/c1-21-18-24(23-14-16-33(3,4)17-15-23)12-13-25(21)29-19-30(34-20-22(29)2)28-10-7-9-27-26-8-5-6-11-31(26)35-32(27)28;1-16-10-11-18(14-20(16)17-8-6-5-7-9-17)21-15-19(12-13-23-21)22(2,3)4;/h5-9,11-13,18-20,23H,14-17H2,1-4H3;5-10,12-15H,1-4H3;/q2*-1;/i1D3,2D3,13D,23D;1D3;. The number of nitrogens with zero attached hydrogens (tertiary/aromatic N) is 2. The van der Waals surface area contributed by atoms with Crippen LogP contribution in [0, 0.1) is 38.1 Å². The van der Waals surface area contributed by atoms with Crippen LogP contribution in [0.5, 0.6) is 0 Å². The minimum atomic E-state index is -2.66. The van der Waals surface area contributed by atoms with E-state index in [1.54, 1.807) is 24.4 Å². The third-order valence-corrected chi connectivity index (χ3v) is 11.3. The molecule has 9 rings (SSSR count). The molecule has 1 aliphatic carbocycles. The van der Waals surface area contributed by atoms with Gasteiger partial charge >= 0.3 is 0 Å². The van der Waals surface area contributed by atoms with Gasteiger partial charge in [0.15, 0.2) is 0 Å². The third-order valence-electron chi connectivity index (χ3n) is 11.3. The molecular weight excluding hydrogens is 897 g/mol. The maximum Gasteiger partial charge on any atom is 0.120 e. The summed E-state index contributed by atoms with van der Waals surface area (Å²) in [5, 5.41) is 1.76. The van der Waals surface area contributed by atoms with Crippen LogP contribution < -0.4 is 0 Å². The van der Waals surface area contributed by atoms with E-state index in [2.05, 4.69) is 62.8 Å². The molecule has 3 aromatic heterocycles. The van der Waals surface area contributed by atoms with Crippen LogP contribution in [-0.2, 0) is 25.5 Å². The van der Waals surface area contributed by atoms with Gasteiger partial charge in [0.1, 0.15) is 5.58 Å². The summed E-state index contributed by atoms with van der Waals surface area (Å²) < 4.78 is 98.0. The summed E-state index contributed by atoms with van der Waals surface area (Å²) in [6.45, 7) is 3.32. The number of fused-ring (bicyclic) bond motifs is 3. The van der Waals surface area contributed by atoms with Crippen LogP contribution in [0.2, 0.25) is 0 Å². The molecule has 1 aliphatic rings. The molecule has 8 aromatic rings. The van der Waals surface area contributed by atoms with Crippen LogP contribution in [0.25, 0.3) is 66.7 Å². The molecule has 0 aliphatic heterocycles. The molecule has 0 amide bonds. The molecule has 3 nitrogen and oxygen atoms in total. The van der Waals surface area contributed by atoms with Crippen molar-refractivity contribution in [1.29, 1.82) is 0 Å². The van der Waals surface area contributed by atoms with E-state index in [1.165, 1.54) is 23.9 Å². The van der Waals surface area contributed by atoms with E-state index < -0.39 is 26.4 Å². The van der Waals surface area contributed by atoms with Gasteiger partial charge in [0.05, 0.1) is 6.95 Å². The van der Waals surface area contributed by atoms with Gasteiger partial charge in [-0.05, 0) is 119 Å². The first kappa shape index (κ1) is 30.0. The number of aryl methyl sites for hydroxylation is 3. The van der Waals surface area contributed by atoms with Crippen LogP contribution >= 0.6 is 0 Å². The monoisotopic (exact) mass is 962 g/mol. The Kier molecular flexibility index (Phi) is 8.74. The summed E-state index contributed by atoms with van der Waals surface area (Å²) in [5.74, 6) is -1.02. The van der Waals surface area contributed by atoms with Crippen LogP contribution in [-0.4, -0.2) is 9.97 Å². The van der Waals surface area contributed by atoms with Crippen LogP contribution in [0.1, 0.15) is 109 Å². The second-order valence-corrected chi connectivity index (χ2v) is 17.0. The first-order valence-electron chi connectivity index (χ1n) is 25.3. The largest absolute Gasteiger partial charge is 0.501 e. The van der Waals surface area contributed by atoms with Gasteiger partial charge in [-0.15, -0.1) is 47.5 Å². The van der Waals surface area contributed by atoms with Gasteiger partial charge < -0.3 is 14.4 Å². The number of furan rings is 1. The quantitative estimate of drug-likeness (QED) is 0.161. The summed E-state index contributed by atoms with van der Waals surface area (Å²) in [6, 6.07) is 39.1. The first-order chi connectivity index (χ1) is 32.2. The summed E-state index contributed by atoms with van der Waals surface area (Å²) in [6.07, 6.45) is 5.76. The van der Waals surface area contributed by atoms with Crippen molar-refractivity contribution in [1.82, 2.24) is 9.97 Å². The maximum absolute atomic E-state index is 9.24. The van der Waals surface area contributed by atoms with E-state index >= 15 is 0 Å². The SMILES string of the molecule is [2H]C([2H])([2H])c1c[c-]c(-c2cc(C(C)(C)C)ccn2)cc1-c1ccccc1.[2H]c1cc(C2([2H])CCC(C)(C)CC2)cc(C([2H])([2H])[2H])c1-c1cc(-c2[c-]ccc3c2oc2ccccc23)ncc1C([2H])([2H])[2H].[Ir]. The van der Waals surface area contributed by atoms with E-state index in [0.29, 0.717) is 52.0 Å². The summed E-state index contributed by atoms with van der Waals surface area (Å²) >= 11 is 0. The maximum atomic E-state index is 9.24. The number of hydrogen-bond donors (Lipinski definition) is 0. The van der Waals surface area contributed by atoms with Crippen molar-refractivity contribution in [2.24, 2.45) is 5.41 Å². The fraction of sp³-hybridized carbons (Fsp3) is 0.273. The van der Waals surface area contributed by atoms with E-state index in [4.69, 9.17) is 18.1 Å². The van der Waals surface area contributed by atoms with Gasteiger partial charge in [0.25, 0.3) is 0 Å². The van der Waals surface area contributed by atoms with Gasteiger partial charge in [-0.1, -0.05) is 137 Å². The predicted octanol–water partition coefficient (Wildman–Crippen LogP) is 15.2. The molecule has 301 valence electrons. The fourth-order valence-corrected chi connectivity index (χ4v) is 7.66. The second kappa shape index (κ2) is 17.2. The number of benzene rings is 5. The fourth-order valence-electron chi connectivity index (χ4n) is 7.66. The molecule has 0 saturated heterocycles. The normalized spacial score (nSPS) is 18.0. The van der Waals surface area contributed by atoms with Crippen molar-refractivity contribution in [3.05, 3.63) is 168 Å². The van der Waals surface area contributed by atoms with Gasteiger partial charge in [-0.25, -0.2) is 0 Å². The van der Waals surface area contributed by atoms with Crippen molar-refractivity contribution >= 4 is 21.9 Å². The Morgan fingerprint density at radius 1 is 0.763 bits per heavy atom. The minimum Gasteiger partial charge on any atom is -0.501 e. The van der Waals surface area contributed by atoms with Gasteiger partial charge in [0.2, 0.25) is 0 Å². The molecule has 0 spiro atoms. The number of pyridine rings is 2. The topological polar surface area (TPSA) is 38.9 Å². The van der Waals surface area contributed by atoms with E-state index in [9.17, 15) is 1.37 Å². The minimum absolute atomic E-state index is 0. The van der Waals surface area contributed by atoms with Crippen molar-refractivity contribution in [2.75, 3.05) is 0 Å². The Labute approximate surface area is 380 Å². The Bertz CT molecular complexity index is 3170. The van der Waals surface area contributed by atoms with Crippen molar-refractivity contribution in [2.45, 2.75) is 92.2 Å². The third kappa shape index (κ3) is 9.05. The molecule has 1 saturated carbocycles. The molecule has 0 N–H and O–H groups in total. The zero-order chi connectivity index (χ0) is 49.9. The molecule has 1 radical (unpaired) electrons. The Balaban J connectivity index is 0.000000229. The number of hydrogen-bond acceptors (Lipinski definition) is 3. The van der Waals surface area contributed by atoms with Crippen molar-refractivity contribution in [3.63, 3.8) is 0 Å². The molecule has 1 fully saturated rings. The summed E-state index contributed by atoms with van der Waals surface area (Å²) in [4.78, 5) is 8.95. The zero-order valence-corrected chi connectivity index (χ0v) is 36.4. The number of rotatable bonds is 5. The Morgan fingerprint density at radius 2 is 1.53 bits per heavy atom. The summed E-state index contributed by atoms with van der Waals surface area (Å²) in [5.41, 5.74) is 7.11. The average molecular weight is 962 g/mol. The van der Waals surface area contributed by atoms with E-state index in [0.717, 1.165) is 40.4 Å². The number of para-hydroxylation sites is 1. The van der Waals surface area contributed by atoms with Gasteiger partial charge in [0, 0.05) is 51.6 Å². The molecule has 0 bridgehead atoms. The Morgan fingerprint density at radius 3 is 2.29 bits per heavy atom. The first-order valence-corrected chi connectivity index (χ1v) is 19.8. The molecule has 5 aromatic carbocycles. The average Bonchev–Trinajstić information content (AvgIpc) is 3.68. The molecule has 4 heteroatoms. The Hall–Kier alpha value is -5.15. The smallest absolute Gasteiger partial charge is 0.120 e. The van der Waals surface area contributed by atoms with Crippen LogP contribution in [0.4, 0.5) is 0 Å². The zero-order valence-electron chi connectivity index (χ0n) is 45.0. The second-order valence-electron chi connectivity index (χ2n) is 17.0. The molecular formula is C55H54IrN2O-2.